The van der Waals surface area contributed by atoms with Crippen molar-refractivity contribution in [1.82, 2.24) is 0 Å². The molecule has 188 valence electrons. The zero-order valence-electron chi connectivity index (χ0n) is 20.7. The van der Waals surface area contributed by atoms with Crippen molar-refractivity contribution < 1.29 is 9.53 Å². The summed E-state index contributed by atoms with van der Waals surface area (Å²) < 4.78 is 6.40. The zero-order chi connectivity index (χ0) is 26.3. The van der Waals surface area contributed by atoms with Crippen molar-refractivity contribution >= 4 is 55.6 Å². The molecule has 2 aliphatic heterocycles. The maximum atomic E-state index is 12.8. The normalized spacial score (nSPS) is 18.2. The molecule has 0 amide bonds. The molecule has 1 atom stereocenters. The van der Waals surface area contributed by atoms with Crippen LogP contribution in [0.15, 0.2) is 118 Å². The van der Waals surface area contributed by atoms with Gasteiger partial charge in [0, 0.05) is 28.1 Å². The minimum atomic E-state index is -0.980. The summed E-state index contributed by atoms with van der Waals surface area (Å²) in [6.07, 6.45) is 0. The van der Waals surface area contributed by atoms with E-state index in [1.807, 2.05) is 88.9 Å². The quantitative estimate of drug-likeness (QED) is 0.253. The van der Waals surface area contributed by atoms with E-state index in [-0.39, 0.29) is 5.78 Å². The average Bonchev–Trinajstić information content (AvgIpc) is 3.36. The van der Waals surface area contributed by atoms with Crippen LogP contribution in [0.2, 0.25) is 0 Å². The Morgan fingerprint density at radius 1 is 0.816 bits per heavy atom. The number of carbonyl (C=O) groups is 1. The van der Waals surface area contributed by atoms with Crippen molar-refractivity contribution in [2.45, 2.75) is 11.9 Å². The maximum Gasteiger partial charge on any atom is 0.234 e. The number of rotatable bonds is 5. The second-order valence-electron chi connectivity index (χ2n) is 8.83. The van der Waals surface area contributed by atoms with Crippen LogP contribution in [-0.4, -0.2) is 23.6 Å². The van der Waals surface area contributed by atoms with E-state index in [1.165, 1.54) is 11.8 Å². The van der Waals surface area contributed by atoms with Gasteiger partial charge in [-0.1, -0.05) is 70.5 Å². The fourth-order valence-electron chi connectivity index (χ4n) is 4.69. The smallest absolute Gasteiger partial charge is 0.234 e. The Hall–Kier alpha value is -3.88. The first-order chi connectivity index (χ1) is 18.5. The number of halogens is 1. The standard InChI is InChI=1S/C30H23BrN4O2S/c1-20(36)29-33-35(24-16-18-25(37-2)19-17-24)30(38-29)27-11-7-6-10-26(27)28(21-12-14-22(31)15-13-21)32-34(30)23-8-4-3-5-9-23/h3-19H,1-2H3/t30-/m1/s1. The molecule has 0 aromatic heterocycles. The van der Waals surface area contributed by atoms with Gasteiger partial charge in [0.05, 0.1) is 24.2 Å². The molecule has 4 aromatic carbocycles. The van der Waals surface area contributed by atoms with Crippen molar-refractivity contribution in [3.8, 4) is 5.75 Å². The van der Waals surface area contributed by atoms with Gasteiger partial charge in [0.15, 0.2) is 10.8 Å². The number of benzene rings is 4. The summed E-state index contributed by atoms with van der Waals surface area (Å²) in [5.41, 5.74) is 5.48. The number of para-hydroxylation sites is 1. The van der Waals surface area contributed by atoms with Crippen molar-refractivity contribution in [1.29, 1.82) is 0 Å². The molecule has 38 heavy (non-hydrogen) atoms. The van der Waals surface area contributed by atoms with E-state index in [4.69, 9.17) is 14.9 Å². The zero-order valence-corrected chi connectivity index (χ0v) is 23.1. The summed E-state index contributed by atoms with van der Waals surface area (Å²) in [5, 5.41) is 14.5. The molecule has 1 spiro atoms. The highest BCUT2D eigenvalue weighted by Gasteiger charge is 2.55. The Balaban J connectivity index is 1.64. The van der Waals surface area contributed by atoms with Gasteiger partial charge in [0.25, 0.3) is 0 Å². The third kappa shape index (κ3) is 4.01. The fraction of sp³-hybridized carbons (Fsp3) is 0.100. The number of ether oxygens (including phenoxy) is 1. The lowest BCUT2D eigenvalue weighted by atomic mass is 9.93. The number of nitrogens with zero attached hydrogens (tertiary/aromatic N) is 4. The van der Waals surface area contributed by atoms with E-state index < -0.39 is 4.99 Å². The van der Waals surface area contributed by atoms with Gasteiger partial charge >= 0.3 is 0 Å². The van der Waals surface area contributed by atoms with Gasteiger partial charge in [-0.25, -0.2) is 10.0 Å². The molecule has 0 bridgehead atoms. The summed E-state index contributed by atoms with van der Waals surface area (Å²) in [7, 11) is 1.64. The number of methoxy groups -OCH3 is 1. The van der Waals surface area contributed by atoms with Crippen molar-refractivity contribution in [3.05, 3.63) is 124 Å². The topological polar surface area (TPSA) is 57.5 Å². The molecular formula is C30H23BrN4O2S. The van der Waals surface area contributed by atoms with Gasteiger partial charge in [-0.15, -0.1) is 0 Å². The largest absolute Gasteiger partial charge is 0.497 e. The molecule has 2 aliphatic rings. The molecule has 0 fully saturated rings. The van der Waals surface area contributed by atoms with Gasteiger partial charge in [0.1, 0.15) is 5.75 Å². The third-order valence-electron chi connectivity index (χ3n) is 6.47. The monoisotopic (exact) mass is 582 g/mol. The number of Topliss-reactive ketones (excluding diaryl/α,β-unsaturated/α-hetero) is 1. The third-order valence-corrected chi connectivity index (χ3v) is 8.42. The molecule has 4 aromatic rings. The van der Waals surface area contributed by atoms with E-state index in [0.29, 0.717) is 5.04 Å². The molecule has 8 heteroatoms. The average molecular weight is 584 g/mol. The lowest BCUT2D eigenvalue weighted by Gasteiger charge is -2.47. The first-order valence-electron chi connectivity index (χ1n) is 12.0. The molecule has 0 N–H and O–H groups in total. The number of hydrogen-bond donors (Lipinski definition) is 0. The van der Waals surface area contributed by atoms with E-state index >= 15 is 0 Å². The Morgan fingerprint density at radius 3 is 2.13 bits per heavy atom. The maximum absolute atomic E-state index is 12.8. The highest BCUT2D eigenvalue weighted by Crippen LogP contribution is 2.55. The van der Waals surface area contributed by atoms with Crippen LogP contribution in [0.4, 0.5) is 11.4 Å². The fourth-order valence-corrected chi connectivity index (χ4v) is 6.24. The lowest BCUT2D eigenvalue weighted by molar-refractivity contribution is -0.110. The van der Waals surface area contributed by atoms with Gasteiger partial charge in [0.2, 0.25) is 4.99 Å². The lowest BCUT2D eigenvalue weighted by Crippen LogP contribution is -2.54. The Labute approximate surface area is 233 Å². The van der Waals surface area contributed by atoms with Crippen LogP contribution >= 0.6 is 27.7 Å². The second kappa shape index (κ2) is 9.78. The molecule has 2 heterocycles. The number of thioether (sulfide) groups is 1. The van der Waals surface area contributed by atoms with Gasteiger partial charge in [-0.05, 0) is 60.3 Å². The predicted molar refractivity (Wildman–Crippen MR) is 158 cm³/mol. The van der Waals surface area contributed by atoms with Crippen molar-refractivity contribution in [3.63, 3.8) is 0 Å². The molecule has 0 saturated heterocycles. The molecular weight excluding hydrogens is 560 g/mol. The minimum absolute atomic E-state index is 0.0986. The van der Waals surface area contributed by atoms with Crippen LogP contribution in [-0.2, 0) is 9.79 Å². The molecule has 0 radical (unpaired) electrons. The van der Waals surface area contributed by atoms with Crippen LogP contribution < -0.4 is 14.8 Å². The van der Waals surface area contributed by atoms with E-state index in [9.17, 15) is 4.79 Å². The van der Waals surface area contributed by atoms with E-state index in [0.717, 1.165) is 44.0 Å². The summed E-state index contributed by atoms with van der Waals surface area (Å²) in [6.45, 7) is 1.55. The number of hydrogen-bond acceptors (Lipinski definition) is 7. The van der Waals surface area contributed by atoms with Crippen LogP contribution in [0.5, 0.6) is 5.75 Å². The van der Waals surface area contributed by atoms with Gasteiger partial charge in [-0.3, -0.25) is 4.79 Å². The first kappa shape index (κ1) is 24.5. The molecule has 0 saturated carbocycles. The minimum Gasteiger partial charge on any atom is -0.497 e. The number of ketones is 1. The first-order valence-corrected chi connectivity index (χ1v) is 13.6. The highest BCUT2D eigenvalue weighted by molar-refractivity contribution is 9.10. The van der Waals surface area contributed by atoms with Crippen LogP contribution in [0.3, 0.4) is 0 Å². The van der Waals surface area contributed by atoms with Gasteiger partial charge in [-0.2, -0.15) is 10.2 Å². The Kier molecular flexibility index (Phi) is 6.29. The van der Waals surface area contributed by atoms with Crippen LogP contribution in [0, 0.1) is 0 Å². The van der Waals surface area contributed by atoms with Crippen molar-refractivity contribution in [2.24, 2.45) is 10.2 Å². The molecule has 6 nitrogen and oxygen atoms in total. The molecule has 0 unspecified atom stereocenters. The predicted octanol–water partition coefficient (Wildman–Crippen LogP) is 7.00. The second-order valence-corrected chi connectivity index (χ2v) is 10.9. The summed E-state index contributed by atoms with van der Waals surface area (Å²) in [6, 6.07) is 34.1. The summed E-state index contributed by atoms with van der Waals surface area (Å²) >= 11 is 4.95. The number of hydrazone groups is 2. The van der Waals surface area contributed by atoms with Gasteiger partial charge < -0.3 is 4.74 Å². The SMILES string of the molecule is COc1ccc(N2N=C(C(C)=O)S[C@@]23c2ccccc2C(c2ccc(Br)cc2)=NN3c2ccccc2)cc1. The van der Waals surface area contributed by atoms with E-state index in [2.05, 4.69) is 40.2 Å². The number of carbonyl (C=O) groups excluding carboxylic acids is 1. The number of fused-ring (bicyclic) bond motifs is 2. The Morgan fingerprint density at radius 2 is 1.45 bits per heavy atom. The summed E-state index contributed by atoms with van der Waals surface area (Å²) in [4.78, 5) is 11.8. The van der Waals surface area contributed by atoms with E-state index in [1.54, 1.807) is 14.0 Å². The molecule has 6 rings (SSSR count). The van der Waals surface area contributed by atoms with Crippen LogP contribution in [0.1, 0.15) is 23.6 Å². The Bertz CT molecular complexity index is 1570. The summed E-state index contributed by atoms with van der Waals surface area (Å²) in [5.74, 6) is 0.642. The highest BCUT2D eigenvalue weighted by atomic mass is 79.9. The van der Waals surface area contributed by atoms with Crippen LogP contribution in [0.25, 0.3) is 0 Å². The number of anilines is 2. The van der Waals surface area contributed by atoms with Crippen molar-refractivity contribution in [2.75, 3.05) is 17.1 Å². The molecule has 0 aliphatic carbocycles.